The zero-order valence-electron chi connectivity index (χ0n) is 14.2. The second kappa shape index (κ2) is 8.56. The molecule has 3 rings (SSSR count). The van der Waals surface area contributed by atoms with Crippen LogP contribution in [0.2, 0.25) is 5.02 Å². The third kappa shape index (κ3) is 4.88. The number of carbonyl (C=O) groups excluding carboxylic acids is 2. The summed E-state index contributed by atoms with van der Waals surface area (Å²) in [7, 11) is 0. The predicted molar refractivity (Wildman–Crippen MR) is 110 cm³/mol. The zero-order valence-corrected chi connectivity index (χ0v) is 16.5. The van der Waals surface area contributed by atoms with Gasteiger partial charge in [0.05, 0.1) is 17.1 Å². The largest absolute Gasteiger partial charge is 0.490 e. The van der Waals surface area contributed by atoms with Crippen molar-refractivity contribution < 1.29 is 19.1 Å². The van der Waals surface area contributed by atoms with E-state index in [0.29, 0.717) is 32.2 Å². The molecule has 0 unspecified atom stereocenters. The van der Waals surface area contributed by atoms with Crippen LogP contribution in [0.4, 0.5) is 0 Å². The standard InChI is InChI=1S/C19H14ClNO4S2/c1-2-24-15-9-11(10-16-17(22)21-19(26)27-16)3-8-14(15)25-18(23)12-4-6-13(20)7-5-12/h3-10H,2H2,1H3,(H,21,22,26). The Hall–Kier alpha value is -2.35. The number of ether oxygens (including phenoxy) is 2. The van der Waals surface area contributed by atoms with Crippen LogP contribution in [0.15, 0.2) is 47.4 Å². The summed E-state index contributed by atoms with van der Waals surface area (Å²) in [4.78, 5) is 24.6. The van der Waals surface area contributed by atoms with Crippen molar-refractivity contribution in [1.82, 2.24) is 5.32 Å². The Morgan fingerprint density at radius 2 is 1.96 bits per heavy atom. The van der Waals surface area contributed by atoms with Gasteiger partial charge in [-0.25, -0.2) is 4.79 Å². The van der Waals surface area contributed by atoms with E-state index in [9.17, 15) is 9.59 Å². The average molecular weight is 420 g/mol. The normalized spacial score (nSPS) is 15.0. The minimum absolute atomic E-state index is 0.235. The number of thioether (sulfide) groups is 1. The fourth-order valence-corrected chi connectivity index (χ4v) is 3.45. The second-order valence-electron chi connectivity index (χ2n) is 5.39. The summed E-state index contributed by atoms with van der Waals surface area (Å²) < 4.78 is 11.5. The monoisotopic (exact) mass is 419 g/mol. The van der Waals surface area contributed by atoms with Crippen molar-refractivity contribution in [2.45, 2.75) is 6.92 Å². The molecule has 27 heavy (non-hydrogen) atoms. The highest BCUT2D eigenvalue weighted by Crippen LogP contribution is 2.32. The molecule has 0 aliphatic carbocycles. The number of nitrogens with one attached hydrogen (secondary N) is 1. The topological polar surface area (TPSA) is 64.6 Å². The van der Waals surface area contributed by atoms with Crippen LogP contribution in [0.1, 0.15) is 22.8 Å². The Balaban J connectivity index is 1.84. The number of halogens is 1. The molecule has 0 atom stereocenters. The molecule has 1 saturated heterocycles. The summed E-state index contributed by atoms with van der Waals surface area (Å²) in [5.74, 6) is -0.0610. The molecule has 0 bridgehead atoms. The third-order valence-corrected chi connectivity index (χ3v) is 4.90. The number of hydrogen-bond acceptors (Lipinski definition) is 6. The molecule has 1 aliphatic rings. The van der Waals surface area contributed by atoms with Crippen LogP contribution in [0, 0.1) is 0 Å². The first kappa shape index (κ1) is 19.4. The summed E-state index contributed by atoms with van der Waals surface area (Å²) in [6, 6.07) is 11.5. The lowest BCUT2D eigenvalue weighted by atomic mass is 10.1. The first-order valence-corrected chi connectivity index (χ1v) is 9.56. The SMILES string of the molecule is CCOc1cc(C=C2SC(=S)NC2=O)ccc1OC(=O)c1ccc(Cl)cc1. The van der Waals surface area contributed by atoms with Gasteiger partial charge >= 0.3 is 5.97 Å². The molecule has 1 N–H and O–H groups in total. The molecule has 2 aromatic rings. The maximum absolute atomic E-state index is 12.3. The van der Waals surface area contributed by atoms with Crippen LogP contribution < -0.4 is 14.8 Å². The number of carbonyl (C=O) groups is 2. The first-order chi connectivity index (χ1) is 13.0. The summed E-state index contributed by atoms with van der Waals surface area (Å²) in [6.07, 6.45) is 1.70. The number of thiocarbonyl (C=S) groups is 1. The minimum atomic E-state index is -0.519. The van der Waals surface area contributed by atoms with Gasteiger partial charge in [0.25, 0.3) is 5.91 Å². The summed E-state index contributed by atoms with van der Waals surface area (Å²) >= 11 is 12.0. The number of hydrogen-bond donors (Lipinski definition) is 1. The molecule has 1 aliphatic heterocycles. The average Bonchev–Trinajstić information content (AvgIpc) is 2.95. The molecular weight excluding hydrogens is 406 g/mol. The van der Waals surface area contributed by atoms with Gasteiger partial charge in [0, 0.05) is 5.02 Å². The van der Waals surface area contributed by atoms with Crippen molar-refractivity contribution in [2.75, 3.05) is 6.61 Å². The second-order valence-corrected chi connectivity index (χ2v) is 7.54. The predicted octanol–water partition coefficient (Wildman–Crippen LogP) is 4.45. The van der Waals surface area contributed by atoms with E-state index in [1.54, 1.807) is 48.5 Å². The molecule has 5 nitrogen and oxygen atoms in total. The van der Waals surface area contributed by atoms with Crippen LogP contribution >= 0.6 is 35.6 Å². The number of rotatable bonds is 5. The molecule has 1 fully saturated rings. The molecule has 0 spiro atoms. The van der Waals surface area contributed by atoms with Gasteiger partial charge in [0.1, 0.15) is 4.32 Å². The summed E-state index contributed by atoms with van der Waals surface area (Å²) in [5, 5.41) is 3.10. The molecule has 8 heteroatoms. The van der Waals surface area contributed by atoms with E-state index in [1.165, 1.54) is 11.8 Å². The van der Waals surface area contributed by atoms with E-state index in [2.05, 4.69) is 5.32 Å². The lowest BCUT2D eigenvalue weighted by molar-refractivity contribution is -0.115. The highest BCUT2D eigenvalue weighted by Gasteiger charge is 2.22. The maximum Gasteiger partial charge on any atom is 0.343 e. The van der Waals surface area contributed by atoms with Crippen LogP contribution in [0.5, 0.6) is 11.5 Å². The molecule has 2 aromatic carbocycles. The van der Waals surface area contributed by atoms with E-state index in [-0.39, 0.29) is 11.7 Å². The highest BCUT2D eigenvalue weighted by atomic mass is 35.5. The smallest absolute Gasteiger partial charge is 0.343 e. The van der Waals surface area contributed by atoms with Crippen molar-refractivity contribution in [3.63, 3.8) is 0 Å². The van der Waals surface area contributed by atoms with Gasteiger partial charge < -0.3 is 14.8 Å². The molecule has 0 saturated carbocycles. The van der Waals surface area contributed by atoms with Gasteiger partial charge in [0.2, 0.25) is 0 Å². The lowest BCUT2D eigenvalue weighted by Gasteiger charge is -2.11. The van der Waals surface area contributed by atoms with Crippen LogP contribution in [-0.4, -0.2) is 22.8 Å². The van der Waals surface area contributed by atoms with Crippen LogP contribution in [0.3, 0.4) is 0 Å². The highest BCUT2D eigenvalue weighted by molar-refractivity contribution is 8.26. The van der Waals surface area contributed by atoms with E-state index in [4.69, 9.17) is 33.3 Å². The zero-order chi connectivity index (χ0) is 19.4. The van der Waals surface area contributed by atoms with Gasteiger partial charge in [-0.3, -0.25) is 4.79 Å². The van der Waals surface area contributed by atoms with E-state index < -0.39 is 5.97 Å². The fraction of sp³-hybridized carbons (Fsp3) is 0.105. The Morgan fingerprint density at radius 3 is 2.59 bits per heavy atom. The molecule has 0 aromatic heterocycles. The van der Waals surface area contributed by atoms with Crippen molar-refractivity contribution in [3.8, 4) is 11.5 Å². The molecule has 1 amide bonds. The van der Waals surface area contributed by atoms with Gasteiger partial charge in [0.15, 0.2) is 11.5 Å². The van der Waals surface area contributed by atoms with E-state index in [0.717, 1.165) is 5.56 Å². The number of benzene rings is 2. The van der Waals surface area contributed by atoms with Crippen molar-refractivity contribution in [2.24, 2.45) is 0 Å². The Morgan fingerprint density at radius 1 is 1.22 bits per heavy atom. The molecule has 1 heterocycles. The number of esters is 1. The van der Waals surface area contributed by atoms with Crippen LogP contribution in [-0.2, 0) is 4.79 Å². The third-order valence-electron chi connectivity index (χ3n) is 3.49. The number of amides is 1. The van der Waals surface area contributed by atoms with Crippen molar-refractivity contribution in [3.05, 3.63) is 63.5 Å². The van der Waals surface area contributed by atoms with E-state index in [1.807, 2.05) is 6.92 Å². The van der Waals surface area contributed by atoms with E-state index >= 15 is 0 Å². The van der Waals surface area contributed by atoms with Gasteiger partial charge in [-0.15, -0.1) is 0 Å². The Bertz CT molecular complexity index is 941. The van der Waals surface area contributed by atoms with Gasteiger partial charge in [-0.1, -0.05) is 41.6 Å². The Kier molecular flexibility index (Phi) is 6.15. The summed E-state index contributed by atoms with van der Waals surface area (Å²) in [6.45, 7) is 2.22. The van der Waals surface area contributed by atoms with Crippen molar-refractivity contribution >= 4 is 57.9 Å². The van der Waals surface area contributed by atoms with Gasteiger partial charge in [-0.2, -0.15) is 0 Å². The maximum atomic E-state index is 12.3. The molecule has 0 radical (unpaired) electrons. The van der Waals surface area contributed by atoms with Crippen molar-refractivity contribution in [1.29, 1.82) is 0 Å². The Labute approximate surface area is 170 Å². The minimum Gasteiger partial charge on any atom is -0.490 e. The van der Waals surface area contributed by atoms with Gasteiger partial charge in [-0.05, 0) is 55.0 Å². The molecule has 138 valence electrons. The fourth-order valence-electron chi connectivity index (χ4n) is 2.28. The first-order valence-electron chi connectivity index (χ1n) is 7.95. The molecular formula is C19H14ClNO4S2. The quantitative estimate of drug-likeness (QED) is 0.334. The van der Waals surface area contributed by atoms with Crippen LogP contribution in [0.25, 0.3) is 6.08 Å². The lowest BCUT2D eigenvalue weighted by Crippen LogP contribution is -2.17. The summed E-state index contributed by atoms with van der Waals surface area (Å²) in [5.41, 5.74) is 1.10.